The monoisotopic (exact) mass is 265 g/mol. The number of aryl methyl sites for hydroxylation is 1. The van der Waals surface area contributed by atoms with E-state index in [1.165, 1.54) is 0 Å². The van der Waals surface area contributed by atoms with E-state index < -0.39 is 0 Å². The molecule has 0 amide bonds. The smallest absolute Gasteiger partial charge is 0.243 e. The van der Waals surface area contributed by atoms with Gasteiger partial charge in [-0.1, -0.05) is 35.0 Å². The van der Waals surface area contributed by atoms with Crippen LogP contribution in [0.3, 0.4) is 0 Å². The summed E-state index contributed by atoms with van der Waals surface area (Å²) in [5, 5.41) is 7.92. The Kier molecular flexibility index (Phi) is 3.99. The molecule has 0 saturated carbocycles. The maximum Gasteiger partial charge on any atom is 0.243 e. The summed E-state index contributed by atoms with van der Waals surface area (Å²) in [6.07, 6.45) is 0. The van der Waals surface area contributed by atoms with Crippen molar-refractivity contribution in [2.45, 2.75) is 32.9 Å². The van der Waals surface area contributed by atoms with Crippen molar-refractivity contribution in [1.29, 1.82) is 0 Å². The Morgan fingerprint density at radius 1 is 1.22 bits per heavy atom. The van der Waals surface area contributed by atoms with Gasteiger partial charge in [-0.3, -0.25) is 5.32 Å². The number of rotatable bonds is 4. The van der Waals surface area contributed by atoms with Gasteiger partial charge < -0.3 is 4.52 Å². The van der Waals surface area contributed by atoms with Crippen LogP contribution in [0.25, 0.3) is 0 Å². The summed E-state index contributed by atoms with van der Waals surface area (Å²) in [7, 11) is 0. The van der Waals surface area contributed by atoms with E-state index in [9.17, 15) is 0 Å². The third-order valence-corrected chi connectivity index (χ3v) is 3.13. The lowest BCUT2D eigenvalue weighted by atomic mass is 10.1. The van der Waals surface area contributed by atoms with E-state index in [1.54, 1.807) is 6.92 Å². The van der Waals surface area contributed by atoms with Crippen LogP contribution < -0.4 is 5.32 Å². The molecule has 2 aromatic rings. The Balaban J connectivity index is 2.08. The number of halogens is 1. The number of hydrogen-bond donors (Lipinski definition) is 1. The van der Waals surface area contributed by atoms with Gasteiger partial charge in [0.05, 0.1) is 6.04 Å². The van der Waals surface area contributed by atoms with E-state index in [0.717, 1.165) is 10.6 Å². The first-order valence-electron chi connectivity index (χ1n) is 5.88. The quantitative estimate of drug-likeness (QED) is 0.920. The normalized spacial score (nSPS) is 14.4. The maximum atomic E-state index is 6.16. The molecule has 5 heteroatoms. The van der Waals surface area contributed by atoms with Gasteiger partial charge in [0.1, 0.15) is 0 Å². The second-order valence-corrected chi connectivity index (χ2v) is 4.72. The van der Waals surface area contributed by atoms with Crippen molar-refractivity contribution in [3.63, 3.8) is 0 Å². The maximum absolute atomic E-state index is 6.16. The molecular formula is C13H16ClN3O. The summed E-state index contributed by atoms with van der Waals surface area (Å²) in [5.41, 5.74) is 1.06. The fourth-order valence-electron chi connectivity index (χ4n) is 1.85. The van der Waals surface area contributed by atoms with Gasteiger partial charge in [0.25, 0.3) is 0 Å². The lowest BCUT2D eigenvalue weighted by molar-refractivity contribution is 0.326. The average molecular weight is 266 g/mol. The van der Waals surface area contributed by atoms with Crippen LogP contribution in [-0.2, 0) is 0 Å². The van der Waals surface area contributed by atoms with Gasteiger partial charge in [-0.25, -0.2) is 0 Å². The van der Waals surface area contributed by atoms with Gasteiger partial charge in [0.2, 0.25) is 5.89 Å². The summed E-state index contributed by atoms with van der Waals surface area (Å²) in [4.78, 5) is 4.21. The molecule has 18 heavy (non-hydrogen) atoms. The molecule has 96 valence electrons. The Bertz CT molecular complexity index is 526. The Hall–Kier alpha value is -1.39. The van der Waals surface area contributed by atoms with Gasteiger partial charge in [-0.05, 0) is 32.4 Å². The van der Waals surface area contributed by atoms with Crippen LogP contribution >= 0.6 is 11.6 Å². The zero-order valence-electron chi connectivity index (χ0n) is 10.6. The lowest BCUT2D eigenvalue weighted by Crippen LogP contribution is -2.23. The van der Waals surface area contributed by atoms with E-state index in [4.69, 9.17) is 16.1 Å². The minimum Gasteiger partial charge on any atom is -0.338 e. The van der Waals surface area contributed by atoms with E-state index in [0.29, 0.717) is 11.7 Å². The highest BCUT2D eigenvalue weighted by molar-refractivity contribution is 6.31. The molecule has 1 aromatic heterocycles. The predicted octanol–water partition coefficient (Wildman–Crippen LogP) is 3.44. The molecule has 2 unspecified atom stereocenters. The molecule has 0 saturated heterocycles. The summed E-state index contributed by atoms with van der Waals surface area (Å²) in [6.45, 7) is 5.85. The molecule has 0 aliphatic carbocycles. The molecule has 2 rings (SSSR count). The Morgan fingerprint density at radius 2 is 1.94 bits per heavy atom. The number of nitrogens with zero attached hydrogens (tertiary/aromatic N) is 2. The number of hydrogen-bond acceptors (Lipinski definition) is 4. The molecule has 0 aliphatic heterocycles. The molecular weight excluding hydrogens is 250 g/mol. The highest BCUT2D eigenvalue weighted by atomic mass is 35.5. The molecule has 1 N–H and O–H groups in total. The number of aromatic nitrogens is 2. The van der Waals surface area contributed by atoms with Crippen LogP contribution in [0.2, 0.25) is 5.02 Å². The standard InChI is InChI=1S/C13H16ClN3O/c1-8(11-6-4-5-7-12(11)14)15-9(2)13-16-10(3)17-18-13/h4-9,15H,1-3H3. The zero-order valence-corrected chi connectivity index (χ0v) is 11.4. The Morgan fingerprint density at radius 3 is 2.56 bits per heavy atom. The van der Waals surface area contributed by atoms with Crippen molar-refractivity contribution in [2.24, 2.45) is 0 Å². The number of benzene rings is 1. The first-order valence-corrected chi connectivity index (χ1v) is 6.26. The SMILES string of the molecule is Cc1noc(C(C)NC(C)c2ccccc2Cl)n1. The van der Waals surface area contributed by atoms with E-state index in [1.807, 2.05) is 31.2 Å². The van der Waals surface area contributed by atoms with Crippen molar-refractivity contribution in [3.8, 4) is 0 Å². The van der Waals surface area contributed by atoms with E-state index in [-0.39, 0.29) is 12.1 Å². The third-order valence-electron chi connectivity index (χ3n) is 2.79. The summed E-state index contributed by atoms with van der Waals surface area (Å²) < 4.78 is 5.14. The fourth-order valence-corrected chi connectivity index (χ4v) is 2.15. The van der Waals surface area contributed by atoms with Crippen LogP contribution in [0.4, 0.5) is 0 Å². The average Bonchev–Trinajstić information content (AvgIpc) is 2.76. The Labute approximate surface area is 111 Å². The molecule has 4 nitrogen and oxygen atoms in total. The zero-order chi connectivity index (χ0) is 13.1. The van der Waals surface area contributed by atoms with Crippen LogP contribution in [0.15, 0.2) is 28.8 Å². The molecule has 0 bridgehead atoms. The summed E-state index contributed by atoms with van der Waals surface area (Å²) in [5.74, 6) is 1.23. The molecule has 1 aromatic carbocycles. The highest BCUT2D eigenvalue weighted by Crippen LogP contribution is 2.24. The number of nitrogens with one attached hydrogen (secondary N) is 1. The lowest BCUT2D eigenvalue weighted by Gasteiger charge is -2.18. The van der Waals surface area contributed by atoms with Crippen molar-refractivity contribution in [1.82, 2.24) is 15.5 Å². The second kappa shape index (κ2) is 5.50. The first-order chi connectivity index (χ1) is 8.58. The van der Waals surface area contributed by atoms with Crippen molar-refractivity contribution in [3.05, 3.63) is 46.6 Å². The van der Waals surface area contributed by atoms with Gasteiger partial charge in [-0.15, -0.1) is 0 Å². The largest absolute Gasteiger partial charge is 0.338 e. The summed E-state index contributed by atoms with van der Waals surface area (Å²) in [6, 6.07) is 7.88. The van der Waals surface area contributed by atoms with Crippen molar-refractivity contribution < 1.29 is 4.52 Å². The van der Waals surface area contributed by atoms with Crippen LogP contribution in [0.5, 0.6) is 0 Å². The molecule has 0 aliphatic rings. The van der Waals surface area contributed by atoms with Crippen LogP contribution in [0, 0.1) is 6.92 Å². The molecule has 0 spiro atoms. The molecule has 0 radical (unpaired) electrons. The van der Waals surface area contributed by atoms with Gasteiger partial charge >= 0.3 is 0 Å². The van der Waals surface area contributed by atoms with E-state index in [2.05, 4.69) is 22.4 Å². The van der Waals surface area contributed by atoms with Gasteiger partial charge in [0, 0.05) is 11.1 Å². The van der Waals surface area contributed by atoms with Crippen LogP contribution in [-0.4, -0.2) is 10.1 Å². The first kappa shape index (κ1) is 13.1. The fraction of sp³-hybridized carbons (Fsp3) is 0.385. The molecule has 2 atom stereocenters. The second-order valence-electron chi connectivity index (χ2n) is 4.31. The minimum atomic E-state index is -0.0162. The van der Waals surface area contributed by atoms with Gasteiger partial charge in [0.15, 0.2) is 5.82 Å². The van der Waals surface area contributed by atoms with Gasteiger partial charge in [-0.2, -0.15) is 4.98 Å². The van der Waals surface area contributed by atoms with Crippen molar-refractivity contribution in [2.75, 3.05) is 0 Å². The predicted molar refractivity (Wildman–Crippen MR) is 70.5 cm³/mol. The van der Waals surface area contributed by atoms with Crippen molar-refractivity contribution >= 4 is 11.6 Å². The van der Waals surface area contributed by atoms with Crippen LogP contribution in [0.1, 0.15) is 43.2 Å². The van der Waals surface area contributed by atoms with E-state index >= 15 is 0 Å². The topological polar surface area (TPSA) is 51.0 Å². The molecule has 0 fully saturated rings. The summed E-state index contributed by atoms with van der Waals surface area (Å²) >= 11 is 6.16. The third kappa shape index (κ3) is 2.89. The molecule has 1 heterocycles. The highest BCUT2D eigenvalue weighted by Gasteiger charge is 2.17. The minimum absolute atomic E-state index is 0.0162.